The van der Waals surface area contributed by atoms with E-state index in [1.54, 1.807) is 0 Å². The molecule has 0 amide bonds. The molecule has 1 aliphatic rings. The summed E-state index contributed by atoms with van der Waals surface area (Å²) in [5.41, 5.74) is 0. The Morgan fingerprint density at radius 2 is 2.08 bits per heavy atom. The molecule has 3 heteroatoms. The predicted molar refractivity (Wildman–Crippen MR) is 50.2 cm³/mol. The second kappa shape index (κ2) is 4.21. The van der Waals surface area contributed by atoms with Crippen LogP contribution in [0, 0.1) is 5.92 Å². The van der Waals surface area contributed by atoms with Gasteiger partial charge in [-0.15, -0.1) is 0 Å². The van der Waals surface area contributed by atoms with Gasteiger partial charge in [-0.25, -0.2) is 0 Å². The number of aliphatic hydroxyl groups excluding tert-OH is 1. The Bertz CT molecular complexity index is 138. The molecule has 0 saturated carbocycles. The highest BCUT2D eigenvalue weighted by Crippen LogP contribution is 2.18. The fourth-order valence-corrected chi connectivity index (χ4v) is 1.77. The second-order valence-electron chi connectivity index (χ2n) is 4.14. The normalized spacial score (nSPS) is 31.8. The summed E-state index contributed by atoms with van der Waals surface area (Å²) in [7, 11) is 6.22. The number of likely N-dealkylation sites (tertiary alicyclic amines) is 1. The fraction of sp³-hybridized carbons (Fsp3) is 1.00. The molecule has 0 aromatic heterocycles. The topological polar surface area (TPSA) is 26.7 Å². The molecule has 1 aliphatic heterocycles. The van der Waals surface area contributed by atoms with Gasteiger partial charge in [-0.1, -0.05) is 0 Å². The van der Waals surface area contributed by atoms with Gasteiger partial charge in [-0.05, 0) is 40.0 Å². The lowest BCUT2D eigenvalue weighted by Gasteiger charge is -2.16. The molecule has 72 valence electrons. The van der Waals surface area contributed by atoms with Gasteiger partial charge in [-0.3, -0.25) is 0 Å². The summed E-state index contributed by atoms with van der Waals surface area (Å²) in [6.07, 6.45) is 1.01. The van der Waals surface area contributed by atoms with Crippen molar-refractivity contribution in [3.63, 3.8) is 0 Å². The molecule has 0 spiro atoms. The molecule has 1 heterocycles. The van der Waals surface area contributed by atoms with Gasteiger partial charge in [0.2, 0.25) is 0 Å². The van der Waals surface area contributed by atoms with Gasteiger partial charge in [0, 0.05) is 13.1 Å². The van der Waals surface area contributed by atoms with Crippen molar-refractivity contribution in [3.8, 4) is 0 Å². The number of rotatable bonds is 3. The number of nitrogens with zero attached hydrogens (tertiary/aromatic N) is 2. The molecule has 0 aliphatic carbocycles. The van der Waals surface area contributed by atoms with Crippen molar-refractivity contribution in [2.24, 2.45) is 5.92 Å². The number of hydrogen-bond donors (Lipinski definition) is 1. The van der Waals surface area contributed by atoms with E-state index >= 15 is 0 Å². The number of hydrogen-bond acceptors (Lipinski definition) is 3. The third kappa shape index (κ3) is 2.73. The van der Waals surface area contributed by atoms with E-state index in [1.807, 2.05) is 0 Å². The SMILES string of the molecule is CN(C)CCC1CN(C)C[C@@H]1O. The quantitative estimate of drug-likeness (QED) is 0.642. The lowest BCUT2D eigenvalue weighted by molar-refractivity contribution is 0.134. The maximum Gasteiger partial charge on any atom is 0.0707 e. The van der Waals surface area contributed by atoms with Gasteiger partial charge in [0.25, 0.3) is 0 Å². The molecular formula is C9H20N2O. The Labute approximate surface area is 75.0 Å². The minimum atomic E-state index is -0.102. The van der Waals surface area contributed by atoms with Crippen molar-refractivity contribution in [1.82, 2.24) is 9.80 Å². The molecule has 0 aromatic carbocycles. The summed E-state index contributed by atoms with van der Waals surface area (Å²) < 4.78 is 0. The smallest absolute Gasteiger partial charge is 0.0707 e. The molecule has 2 atom stereocenters. The highest BCUT2D eigenvalue weighted by Gasteiger charge is 2.28. The van der Waals surface area contributed by atoms with Crippen molar-refractivity contribution in [3.05, 3.63) is 0 Å². The minimum absolute atomic E-state index is 0.102. The average molecular weight is 172 g/mol. The first kappa shape index (κ1) is 9.96. The van der Waals surface area contributed by atoms with Crippen LogP contribution in [0.15, 0.2) is 0 Å². The molecule has 1 unspecified atom stereocenters. The second-order valence-corrected chi connectivity index (χ2v) is 4.14. The Hall–Kier alpha value is -0.120. The van der Waals surface area contributed by atoms with E-state index in [9.17, 15) is 5.11 Å². The molecule has 0 aromatic rings. The summed E-state index contributed by atoms with van der Waals surface area (Å²) in [4.78, 5) is 4.37. The Morgan fingerprint density at radius 1 is 1.42 bits per heavy atom. The van der Waals surface area contributed by atoms with Crippen molar-refractivity contribution in [1.29, 1.82) is 0 Å². The Kier molecular flexibility index (Phi) is 3.50. The van der Waals surface area contributed by atoms with Crippen LogP contribution in [0.2, 0.25) is 0 Å². The molecule has 3 nitrogen and oxygen atoms in total. The average Bonchev–Trinajstić information content (AvgIpc) is 2.26. The van der Waals surface area contributed by atoms with Crippen LogP contribution in [0.5, 0.6) is 0 Å². The van der Waals surface area contributed by atoms with Gasteiger partial charge < -0.3 is 14.9 Å². The van der Waals surface area contributed by atoms with Gasteiger partial charge >= 0.3 is 0 Å². The van der Waals surface area contributed by atoms with E-state index in [2.05, 4.69) is 30.9 Å². The lowest BCUT2D eigenvalue weighted by atomic mass is 10.0. The third-order valence-electron chi connectivity index (χ3n) is 2.54. The number of β-amino-alcohol motifs (C(OH)–C–C–N with tert-alkyl or cyclic N) is 1. The van der Waals surface area contributed by atoms with E-state index in [0.29, 0.717) is 5.92 Å². The Morgan fingerprint density at radius 3 is 2.50 bits per heavy atom. The summed E-state index contributed by atoms with van der Waals surface area (Å²) >= 11 is 0. The van der Waals surface area contributed by atoms with E-state index in [0.717, 1.165) is 26.1 Å². The highest BCUT2D eigenvalue weighted by molar-refractivity contribution is 4.81. The molecule has 1 N–H and O–H groups in total. The first-order valence-corrected chi connectivity index (χ1v) is 4.61. The number of aliphatic hydroxyl groups is 1. The van der Waals surface area contributed by atoms with Crippen molar-refractivity contribution in [2.45, 2.75) is 12.5 Å². The summed E-state index contributed by atoms with van der Waals surface area (Å²) in [6, 6.07) is 0. The molecule has 1 fully saturated rings. The molecular weight excluding hydrogens is 152 g/mol. The van der Waals surface area contributed by atoms with Crippen LogP contribution in [0.1, 0.15) is 6.42 Å². The van der Waals surface area contributed by atoms with E-state index in [1.165, 1.54) is 0 Å². The zero-order valence-electron chi connectivity index (χ0n) is 8.32. The van der Waals surface area contributed by atoms with Crippen molar-refractivity contribution in [2.75, 3.05) is 40.8 Å². The molecule has 1 saturated heterocycles. The van der Waals surface area contributed by atoms with E-state index < -0.39 is 0 Å². The summed E-state index contributed by atoms with van der Waals surface area (Å²) in [5, 5.41) is 9.61. The largest absolute Gasteiger partial charge is 0.391 e. The lowest BCUT2D eigenvalue weighted by Crippen LogP contribution is -2.23. The summed E-state index contributed by atoms with van der Waals surface area (Å²) in [6.45, 7) is 2.97. The van der Waals surface area contributed by atoms with Crippen molar-refractivity contribution >= 4 is 0 Å². The van der Waals surface area contributed by atoms with E-state index in [-0.39, 0.29) is 6.10 Å². The fourth-order valence-electron chi connectivity index (χ4n) is 1.77. The zero-order chi connectivity index (χ0) is 9.14. The van der Waals surface area contributed by atoms with E-state index in [4.69, 9.17) is 0 Å². The van der Waals surface area contributed by atoms with Gasteiger partial charge in [0.1, 0.15) is 0 Å². The maximum absolute atomic E-state index is 9.61. The first-order valence-electron chi connectivity index (χ1n) is 4.61. The zero-order valence-corrected chi connectivity index (χ0v) is 8.32. The Balaban J connectivity index is 2.23. The summed E-state index contributed by atoms with van der Waals surface area (Å²) in [5.74, 6) is 0.484. The standard InChI is InChI=1S/C9H20N2O/c1-10(2)5-4-8-6-11(3)7-9(8)12/h8-9,12H,4-7H2,1-3H3/t8?,9-/m0/s1. The highest BCUT2D eigenvalue weighted by atomic mass is 16.3. The van der Waals surface area contributed by atoms with Crippen molar-refractivity contribution < 1.29 is 5.11 Å². The van der Waals surface area contributed by atoms with Gasteiger partial charge in [0.15, 0.2) is 0 Å². The van der Waals surface area contributed by atoms with Crippen LogP contribution in [-0.4, -0.2) is 61.8 Å². The van der Waals surface area contributed by atoms with Crippen LogP contribution >= 0.6 is 0 Å². The minimum Gasteiger partial charge on any atom is -0.391 e. The maximum atomic E-state index is 9.61. The number of likely N-dealkylation sites (N-methyl/N-ethyl adjacent to an activating group) is 1. The molecule has 12 heavy (non-hydrogen) atoms. The monoisotopic (exact) mass is 172 g/mol. The molecule has 0 radical (unpaired) electrons. The van der Waals surface area contributed by atoms with Crippen LogP contribution in [0.25, 0.3) is 0 Å². The van der Waals surface area contributed by atoms with Crippen LogP contribution in [0.4, 0.5) is 0 Å². The first-order chi connectivity index (χ1) is 5.59. The molecule has 1 rings (SSSR count). The van der Waals surface area contributed by atoms with Gasteiger partial charge in [-0.2, -0.15) is 0 Å². The predicted octanol–water partition coefficient (Wildman–Crippen LogP) is -0.139. The van der Waals surface area contributed by atoms with Crippen LogP contribution in [0.3, 0.4) is 0 Å². The van der Waals surface area contributed by atoms with Crippen LogP contribution < -0.4 is 0 Å². The van der Waals surface area contributed by atoms with Crippen LogP contribution in [-0.2, 0) is 0 Å². The van der Waals surface area contributed by atoms with Gasteiger partial charge in [0.05, 0.1) is 6.10 Å². The molecule has 0 bridgehead atoms. The third-order valence-corrected chi connectivity index (χ3v) is 2.54.